The molecule has 0 aliphatic heterocycles. The third kappa shape index (κ3) is 5.70. The van der Waals surface area contributed by atoms with Gasteiger partial charge in [0.15, 0.2) is 0 Å². The summed E-state index contributed by atoms with van der Waals surface area (Å²) < 4.78 is 5.35. The van der Waals surface area contributed by atoms with Crippen LogP contribution < -0.4 is 11.1 Å². The van der Waals surface area contributed by atoms with Crippen molar-refractivity contribution in [1.82, 2.24) is 5.32 Å². The average Bonchev–Trinajstić information content (AvgIpc) is 2.66. The fraction of sp³-hybridized carbons (Fsp3) is 0.917. The van der Waals surface area contributed by atoms with E-state index in [1.807, 2.05) is 13.8 Å². The molecule has 1 saturated carbocycles. The van der Waals surface area contributed by atoms with E-state index < -0.39 is 0 Å². The second-order valence-corrected chi connectivity index (χ2v) is 4.91. The highest BCUT2D eigenvalue weighted by atomic mass is 35.5. The summed E-state index contributed by atoms with van der Waals surface area (Å²) in [4.78, 5) is 11.7. The average molecular weight is 265 g/mol. The van der Waals surface area contributed by atoms with Gasteiger partial charge in [0, 0.05) is 13.0 Å². The molecule has 0 aromatic carbocycles. The summed E-state index contributed by atoms with van der Waals surface area (Å²) >= 11 is 0. The van der Waals surface area contributed by atoms with E-state index in [0.717, 1.165) is 12.8 Å². The molecule has 0 spiro atoms. The number of carbonyl (C=O) groups excluding carboxylic acids is 1. The monoisotopic (exact) mass is 264 g/mol. The van der Waals surface area contributed by atoms with Crippen molar-refractivity contribution in [2.45, 2.75) is 57.6 Å². The van der Waals surface area contributed by atoms with Gasteiger partial charge in [-0.1, -0.05) is 12.8 Å². The first-order valence-electron chi connectivity index (χ1n) is 6.21. The Bertz CT molecular complexity index is 229. The Morgan fingerprint density at radius 2 is 2.00 bits per heavy atom. The topological polar surface area (TPSA) is 64.3 Å². The predicted octanol–water partition coefficient (Wildman–Crippen LogP) is 1.61. The zero-order valence-electron chi connectivity index (χ0n) is 10.8. The van der Waals surface area contributed by atoms with Gasteiger partial charge in [0.25, 0.3) is 0 Å². The van der Waals surface area contributed by atoms with Crippen LogP contribution in [-0.4, -0.2) is 30.7 Å². The molecular formula is C12H25ClN2O2. The smallest absolute Gasteiger partial charge is 0.222 e. The first-order chi connectivity index (χ1) is 7.58. The molecule has 0 heterocycles. The molecule has 0 radical (unpaired) electrons. The first kappa shape index (κ1) is 16.7. The van der Waals surface area contributed by atoms with Crippen LogP contribution in [0.2, 0.25) is 0 Å². The molecule has 1 rings (SSSR count). The van der Waals surface area contributed by atoms with Crippen LogP contribution in [0, 0.1) is 0 Å². The van der Waals surface area contributed by atoms with Gasteiger partial charge in [0.2, 0.25) is 5.91 Å². The van der Waals surface area contributed by atoms with Crippen molar-refractivity contribution in [3.63, 3.8) is 0 Å². The predicted molar refractivity (Wildman–Crippen MR) is 71.3 cm³/mol. The number of carbonyl (C=O) groups is 1. The summed E-state index contributed by atoms with van der Waals surface area (Å²) in [5.74, 6) is 0.0630. The Balaban J connectivity index is 0.00000256. The number of hydrogen-bond acceptors (Lipinski definition) is 3. The number of hydrogen-bond donors (Lipinski definition) is 2. The molecule has 102 valence electrons. The second-order valence-electron chi connectivity index (χ2n) is 4.91. The minimum absolute atomic E-state index is 0. The highest BCUT2D eigenvalue weighted by Crippen LogP contribution is 2.28. The molecule has 0 unspecified atom stereocenters. The zero-order chi connectivity index (χ0) is 12.0. The van der Waals surface area contributed by atoms with Crippen molar-refractivity contribution in [2.24, 2.45) is 5.73 Å². The van der Waals surface area contributed by atoms with Crippen molar-refractivity contribution < 1.29 is 9.53 Å². The lowest BCUT2D eigenvalue weighted by Gasteiger charge is -2.28. The molecule has 4 nitrogen and oxygen atoms in total. The van der Waals surface area contributed by atoms with Crippen molar-refractivity contribution in [1.29, 1.82) is 0 Å². The summed E-state index contributed by atoms with van der Waals surface area (Å²) in [6.07, 6.45) is 4.98. The van der Waals surface area contributed by atoms with Crippen LogP contribution in [-0.2, 0) is 9.53 Å². The Morgan fingerprint density at radius 3 is 2.47 bits per heavy atom. The Kier molecular flexibility index (Phi) is 7.75. The summed E-state index contributed by atoms with van der Waals surface area (Å²) in [5.41, 5.74) is 5.62. The third-order valence-corrected chi connectivity index (χ3v) is 3.14. The van der Waals surface area contributed by atoms with Gasteiger partial charge >= 0.3 is 0 Å². The Hall–Kier alpha value is -0.320. The van der Waals surface area contributed by atoms with Gasteiger partial charge in [-0.3, -0.25) is 4.79 Å². The largest absolute Gasteiger partial charge is 0.378 e. The zero-order valence-corrected chi connectivity index (χ0v) is 11.6. The fourth-order valence-electron chi connectivity index (χ4n) is 2.18. The first-order valence-corrected chi connectivity index (χ1v) is 6.21. The van der Waals surface area contributed by atoms with E-state index in [-0.39, 0.29) is 30.0 Å². The lowest BCUT2D eigenvalue weighted by atomic mass is 9.98. The maximum absolute atomic E-state index is 11.7. The van der Waals surface area contributed by atoms with E-state index in [0.29, 0.717) is 19.6 Å². The van der Waals surface area contributed by atoms with Gasteiger partial charge in [-0.2, -0.15) is 0 Å². The van der Waals surface area contributed by atoms with Crippen LogP contribution >= 0.6 is 12.4 Å². The standard InChI is InChI=1S/C12H24N2O2.ClH/c1-10(2)16-8-5-11(15)14-12(9-13)6-3-4-7-12;/h10H,3-9,13H2,1-2H3,(H,14,15);1H. The minimum Gasteiger partial charge on any atom is -0.378 e. The number of rotatable bonds is 6. The molecule has 1 aliphatic rings. The van der Waals surface area contributed by atoms with Gasteiger partial charge in [-0.05, 0) is 26.7 Å². The fourth-order valence-corrected chi connectivity index (χ4v) is 2.18. The van der Waals surface area contributed by atoms with Crippen molar-refractivity contribution in [3.05, 3.63) is 0 Å². The van der Waals surface area contributed by atoms with Gasteiger partial charge < -0.3 is 15.8 Å². The molecule has 3 N–H and O–H groups in total. The van der Waals surface area contributed by atoms with Crippen LogP contribution in [0.3, 0.4) is 0 Å². The molecule has 17 heavy (non-hydrogen) atoms. The third-order valence-electron chi connectivity index (χ3n) is 3.14. The van der Waals surface area contributed by atoms with E-state index in [1.165, 1.54) is 12.8 Å². The van der Waals surface area contributed by atoms with E-state index in [2.05, 4.69) is 5.32 Å². The van der Waals surface area contributed by atoms with E-state index in [1.54, 1.807) is 0 Å². The summed E-state index contributed by atoms with van der Waals surface area (Å²) in [6.45, 7) is 4.97. The van der Waals surface area contributed by atoms with Gasteiger partial charge in [0.1, 0.15) is 0 Å². The molecule has 5 heteroatoms. The van der Waals surface area contributed by atoms with Crippen molar-refractivity contribution in [2.75, 3.05) is 13.2 Å². The molecular weight excluding hydrogens is 240 g/mol. The van der Waals surface area contributed by atoms with Crippen molar-refractivity contribution >= 4 is 18.3 Å². The van der Waals surface area contributed by atoms with Crippen LogP contribution in [0.15, 0.2) is 0 Å². The lowest BCUT2D eigenvalue weighted by molar-refractivity contribution is -0.124. The maximum atomic E-state index is 11.7. The molecule has 1 fully saturated rings. The summed E-state index contributed by atoms with van der Waals surface area (Å²) in [6, 6.07) is 0. The normalized spacial score (nSPS) is 17.9. The van der Waals surface area contributed by atoms with Crippen LogP contribution in [0.1, 0.15) is 46.0 Å². The van der Waals surface area contributed by atoms with Gasteiger partial charge in [-0.25, -0.2) is 0 Å². The molecule has 0 atom stereocenters. The summed E-state index contributed by atoms with van der Waals surface area (Å²) in [7, 11) is 0. The molecule has 0 aromatic rings. The molecule has 0 bridgehead atoms. The minimum atomic E-state index is -0.130. The van der Waals surface area contributed by atoms with Crippen LogP contribution in [0.25, 0.3) is 0 Å². The quantitative estimate of drug-likeness (QED) is 0.766. The van der Waals surface area contributed by atoms with E-state index >= 15 is 0 Å². The Morgan fingerprint density at radius 1 is 1.41 bits per heavy atom. The molecule has 0 saturated heterocycles. The number of nitrogens with one attached hydrogen (secondary N) is 1. The maximum Gasteiger partial charge on any atom is 0.222 e. The van der Waals surface area contributed by atoms with Crippen molar-refractivity contribution in [3.8, 4) is 0 Å². The SMILES string of the molecule is CC(C)OCCC(=O)NC1(CN)CCCC1.Cl. The van der Waals surface area contributed by atoms with E-state index in [4.69, 9.17) is 10.5 Å². The summed E-state index contributed by atoms with van der Waals surface area (Å²) in [5, 5.41) is 3.07. The Labute approximate surface area is 110 Å². The van der Waals surface area contributed by atoms with Crippen LogP contribution in [0.5, 0.6) is 0 Å². The lowest BCUT2D eigenvalue weighted by Crippen LogP contribution is -2.51. The molecule has 0 aromatic heterocycles. The number of amides is 1. The van der Waals surface area contributed by atoms with E-state index in [9.17, 15) is 4.79 Å². The molecule has 1 aliphatic carbocycles. The molecule has 1 amide bonds. The number of nitrogens with two attached hydrogens (primary N) is 1. The second kappa shape index (κ2) is 7.90. The van der Waals surface area contributed by atoms with Gasteiger partial charge in [0.05, 0.1) is 18.2 Å². The highest BCUT2D eigenvalue weighted by molar-refractivity contribution is 5.85. The number of halogens is 1. The highest BCUT2D eigenvalue weighted by Gasteiger charge is 2.33. The van der Waals surface area contributed by atoms with Gasteiger partial charge in [-0.15, -0.1) is 12.4 Å². The van der Waals surface area contributed by atoms with Crippen LogP contribution in [0.4, 0.5) is 0 Å². The number of ether oxygens (including phenoxy) is 1.